The van der Waals surface area contributed by atoms with Crippen LogP contribution in [0.3, 0.4) is 0 Å². The van der Waals surface area contributed by atoms with Gasteiger partial charge in [0.05, 0.1) is 10.7 Å². The molecule has 3 aliphatic carbocycles. The van der Waals surface area contributed by atoms with E-state index >= 15 is 0 Å². The van der Waals surface area contributed by atoms with Crippen molar-refractivity contribution in [2.24, 2.45) is 11.3 Å². The molecule has 0 spiro atoms. The van der Waals surface area contributed by atoms with Gasteiger partial charge in [-0.1, -0.05) is 74.5 Å². The first-order valence-electron chi connectivity index (χ1n) is 11.5. The number of hydrogen-bond acceptors (Lipinski definition) is 1. The fourth-order valence-corrected chi connectivity index (χ4v) is 8.67. The van der Waals surface area contributed by atoms with Gasteiger partial charge in [-0.15, -0.1) is 10.5 Å². The van der Waals surface area contributed by atoms with Gasteiger partial charge in [0.25, 0.3) is 0 Å². The number of hydrogen-bond donors (Lipinski definition) is 1. The van der Waals surface area contributed by atoms with Crippen molar-refractivity contribution in [1.29, 1.82) is 0 Å². The molecule has 3 aromatic rings. The Morgan fingerprint density at radius 1 is 0.969 bits per heavy atom. The second-order valence-corrected chi connectivity index (χ2v) is 11.8. The first-order valence-corrected chi connectivity index (χ1v) is 12.8. The molecule has 1 N–H and O–H groups in total. The lowest BCUT2D eigenvalue weighted by Gasteiger charge is -2.29. The lowest BCUT2D eigenvalue weighted by Crippen LogP contribution is -2.21. The van der Waals surface area contributed by atoms with E-state index < -0.39 is 0 Å². The number of benzene rings is 3. The number of rotatable bonds is 0. The van der Waals surface area contributed by atoms with E-state index in [4.69, 9.17) is 0 Å². The van der Waals surface area contributed by atoms with Gasteiger partial charge in [0.1, 0.15) is 0 Å². The fraction of sp³-hybridized carbons (Fsp3) is 0.167. The Hall–Kier alpha value is -3.10. The van der Waals surface area contributed by atoms with E-state index in [1.165, 1.54) is 59.7 Å². The van der Waals surface area contributed by atoms with E-state index in [1.54, 1.807) is 5.57 Å². The van der Waals surface area contributed by atoms with Crippen molar-refractivity contribution < 1.29 is 0 Å². The molecular formula is C30H23NS. The summed E-state index contributed by atoms with van der Waals surface area (Å²) in [4.78, 5) is 2.82. The smallest absolute Gasteiger partial charge is 0.0719 e. The van der Waals surface area contributed by atoms with Crippen LogP contribution < -0.4 is 5.32 Å². The second-order valence-electron chi connectivity index (χ2n) is 10.0. The number of allylic oxidation sites excluding steroid dienone is 6. The Labute approximate surface area is 190 Å². The molecule has 0 amide bonds. The third-order valence-corrected chi connectivity index (χ3v) is 10.2. The van der Waals surface area contributed by atoms with E-state index in [-0.39, 0.29) is 15.9 Å². The van der Waals surface area contributed by atoms with Gasteiger partial charge in [-0.3, -0.25) is 0 Å². The lowest BCUT2D eigenvalue weighted by atomic mass is 9.75. The van der Waals surface area contributed by atoms with E-state index in [2.05, 4.69) is 97.4 Å². The average molecular weight is 430 g/mol. The van der Waals surface area contributed by atoms with E-state index in [9.17, 15) is 0 Å². The summed E-state index contributed by atoms with van der Waals surface area (Å²) in [6, 6.07) is 18.2. The summed E-state index contributed by atoms with van der Waals surface area (Å²) in [7, 11) is -0.0385. The van der Waals surface area contributed by atoms with E-state index in [1.807, 2.05) is 0 Å². The zero-order valence-corrected chi connectivity index (χ0v) is 19.0. The molecule has 2 atom stereocenters. The van der Waals surface area contributed by atoms with Crippen LogP contribution >= 0.6 is 10.5 Å². The van der Waals surface area contributed by atoms with Crippen LogP contribution in [0.2, 0.25) is 0 Å². The zero-order valence-electron chi connectivity index (χ0n) is 18.2. The quantitative estimate of drug-likeness (QED) is 0.279. The molecule has 8 rings (SSSR count). The van der Waals surface area contributed by atoms with Crippen molar-refractivity contribution in [3.63, 3.8) is 0 Å². The van der Waals surface area contributed by atoms with Gasteiger partial charge in [0, 0.05) is 10.3 Å². The van der Waals surface area contributed by atoms with Gasteiger partial charge in [-0.25, -0.2) is 0 Å². The van der Waals surface area contributed by atoms with Crippen LogP contribution in [-0.4, -0.2) is 4.99 Å². The van der Waals surface area contributed by atoms with Gasteiger partial charge >= 0.3 is 0 Å². The van der Waals surface area contributed by atoms with Crippen molar-refractivity contribution in [3.05, 3.63) is 95.0 Å². The van der Waals surface area contributed by atoms with E-state index in [0.29, 0.717) is 5.92 Å². The standard InChI is InChI=1S/C30H23NS/c1-30(2)24-13-6-5-10-19(24)23-16-32-26-14-22-18-9-4-3-8-17(18)20-11-7-12-21(28(20)22)29(26)31-27(32)15-25(23)30/h3-12,14-16,24,31H,13H2,1-2H3. The topological polar surface area (TPSA) is 12.0 Å². The predicted octanol–water partition coefficient (Wildman–Crippen LogP) is 8.04. The minimum absolute atomic E-state index is 0.0385. The van der Waals surface area contributed by atoms with Crippen LogP contribution in [-0.2, 0) is 0 Å². The van der Waals surface area contributed by atoms with Crippen molar-refractivity contribution in [1.82, 2.24) is 0 Å². The predicted molar refractivity (Wildman–Crippen MR) is 138 cm³/mol. The normalized spacial score (nSPS) is 24.7. The van der Waals surface area contributed by atoms with Gasteiger partial charge < -0.3 is 5.32 Å². The molecule has 0 bridgehead atoms. The highest BCUT2D eigenvalue weighted by Gasteiger charge is 2.46. The number of anilines is 1. The van der Waals surface area contributed by atoms with Crippen LogP contribution in [0.5, 0.6) is 0 Å². The van der Waals surface area contributed by atoms with Gasteiger partial charge in [-0.2, -0.15) is 0 Å². The lowest BCUT2D eigenvalue weighted by molar-refractivity contribution is 0.343. The maximum absolute atomic E-state index is 3.89. The Bertz CT molecular complexity index is 1590. The maximum atomic E-state index is 3.89. The first-order chi connectivity index (χ1) is 15.6. The molecule has 2 heteroatoms. The van der Waals surface area contributed by atoms with Gasteiger partial charge in [-0.05, 0) is 79.7 Å². The summed E-state index contributed by atoms with van der Waals surface area (Å²) in [6.07, 6.45) is 10.6. The SMILES string of the molecule is CC1(C)C2=CC3=S(C=C2C2=CC=CCC21)c1cc2c4c(cccc4c1N3)-c1ccccc1-2. The van der Waals surface area contributed by atoms with E-state index in [0.717, 1.165) is 6.42 Å². The monoisotopic (exact) mass is 429 g/mol. The maximum Gasteiger partial charge on any atom is 0.0719 e. The molecule has 2 aliphatic heterocycles. The second kappa shape index (κ2) is 5.63. The molecule has 0 aromatic heterocycles. The molecule has 154 valence electrons. The first kappa shape index (κ1) is 17.5. The molecule has 3 aromatic carbocycles. The molecule has 2 heterocycles. The average Bonchev–Trinajstić information content (AvgIpc) is 3.42. The molecule has 0 saturated heterocycles. The van der Waals surface area contributed by atoms with Crippen molar-refractivity contribution in [2.75, 3.05) is 5.32 Å². The van der Waals surface area contributed by atoms with Crippen LogP contribution in [0.4, 0.5) is 5.69 Å². The van der Waals surface area contributed by atoms with Crippen LogP contribution in [0.15, 0.2) is 99.9 Å². The summed E-state index contributed by atoms with van der Waals surface area (Å²) in [5.41, 5.74) is 11.6. The minimum atomic E-state index is -0.0385. The molecule has 1 nitrogen and oxygen atoms in total. The van der Waals surface area contributed by atoms with Gasteiger partial charge in [0.2, 0.25) is 0 Å². The summed E-state index contributed by atoms with van der Waals surface area (Å²) in [5.74, 6) is 0.595. The zero-order chi connectivity index (χ0) is 21.2. The highest BCUT2D eigenvalue weighted by atomic mass is 32.2. The number of nitrogens with one attached hydrogen (secondary N) is 1. The van der Waals surface area contributed by atoms with Gasteiger partial charge in [0.15, 0.2) is 0 Å². The van der Waals surface area contributed by atoms with Crippen molar-refractivity contribution >= 4 is 31.9 Å². The number of fused-ring (bicyclic) bond motifs is 9. The highest BCUT2D eigenvalue weighted by Crippen LogP contribution is 2.61. The molecule has 0 radical (unpaired) electrons. The largest absolute Gasteiger partial charge is 0.349 e. The molecular weight excluding hydrogens is 406 g/mol. The Morgan fingerprint density at radius 3 is 2.66 bits per heavy atom. The Kier molecular flexibility index (Phi) is 3.07. The summed E-state index contributed by atoms with van der Waals surface area (Å²) in [5, 5.41) is 9.24. The summed E-state index contributed by atoms with van der Waals surface area (Å²) >= 11 is 0. The molecule has 2 unspecified atom stereocenters. The third kappa shape index (κ3) is 1.92. The highest BCUT2D eigenvalue weighted by molar-refractivity contribution is 8.19. The molecule has 1 fully saturated rings. The third-order valence-electron chi connectivity index (χ3n) is 8.19. The Balaban J connectivity index is 1.40. The minimum Gasteiger partial charge on any atom is -0.349 e. The van der Waals surface area contributed by atoms with Crippen LogP contribution in [0.1, 0.15) is 20.3 Å². The molecule has 5 aliphatic rings. The fourth-order valence-electron chi connectivity index (χ4n) is 6.60. The van der Waals surface area contributed by atoms with Crippen molar-refractivity contribution in [2.45, 2.75) is 25.2 Å². The molecule has 32 heavy (non-hydrogen) atoms. The summed E-state index contributed by atoms with van der Waals surface area (Å²) < 4.78 is 0. The van der Waals surface area contributed by atoms with Crippen molar-refractivity contribution in [3.8, 4) is 22.3 Å². The van der Waals surface area contributed by atoms with Crippen LogP contribution in [0.25, 0.3) is 33.0 Å². The Morgan fingerprint density at radius 2 is 1.78 bits per heavy atom. The summed E-state index contributed by atoms with van der Waals surface area (Å²) in [6.45, 7) is 4.86. The van der Waals surface area contributed by atoms with Crippen LogP contribution in [0, 0.1) is 11.3 Å². The molecule has 1 saturated carbocycles.